The fourth-order valence-electron chi connectivity index (χ4n) is 2.12. The SMILES string of the molecule is Cc1ccc(OCCCOC2CCCCCO2)cc1. The first kappa shape index (κ1) is 14.4. The van der Waals surface area contributed by atoms with Crippen molar-refractivity contribution in [2.75, 3.05) is 19.8 Å². The van der Waals surface area contributed by atoms with Crippen LogP contribution in [-0.2, 0) is 9.47 Å². The molecule has 1 fully saturated rings. The predicted molar refractivity (Wildman–Crippen MR) is 75.5 cm³/mol. The van der Waals surface area contributed by atoms with Crippen LogP contribution in [0.1, 0.15) is 37.7 Å². The second-order valence-electron chi connectivity index (χ2n) is 5.04. The van der Waals surface area contributed by atoms with Gasteiger partial charge in [-0.15, -0.1) is 0 Å². The average Bonchev–Trinajstić information content (AvgIpc) is 2.69. The van der Waals surface area contributed by atoms with Crippen LogP contribution in [0.3, 0.4) is 0 Å². The molecule has 1 aliphatic heterocycles. The van der Waals surface area contributed by atoms with Crippen LogP contribution in [-0.4, -0.2) is 26.1 Å². The summed E-state index contributed by atoms with van der Waals surface area (Å²) in [4.78, 5) is 0. The summed E-state index contributed by atoms with van der Waals surface area (Å²) < 4.78 is 17.0. The minimum absolute atomic E-state index is 0.00174. The van der Waals surface area contributed by atoms with Crippen LogP contribution in [0.15, 0.2) is 24.3 Å². The summed E-state index contributed by atoms with van der Waals surface area (Å²) in [6.07, 6.45) is 5.56. The van der Waals surface area contributed by atoms with E-state index < -0.39 is 0 Å². The molecule has 1 saturated heterocycles. The Hall–Kier alpha value is -1.06. The third-order valence-corrected chi connectivity index (χ3v) is 3.27. The molecule has 1 unspecified atom stereocenters. The first-order valence-electron chi connectivity index (χ1n) is 7.27. The highest BCUT2D eigenvalue weighted by Crippen LogP contribution is 2.14. The first-order valence-corrected chi connectivity index (χ1v) is 7.27. The summed E-state index contributed by atoms with van der Waals surface area (Å²) in [6, 6.07) is 8.13. The first-order chi connectivity index (χ1) is 9.34. The van der Waals surface area contributed by atoms with E-state index in [1.165, 1.54) is 18.4 Å². The predicted octanol–water partition coefficient (Wildman–Crippen LogP) is 3.70. The standard InChI is InChI=1S/C16H24O3/c1-14-7-9-15(10-8-14)17-12-5-13-19-16-6-3-2-4-11-18-16/h7-10,16H,2-6,11-13H2,1H3. The fraction of sp³-hybridized carbons (Fsp3) is 0.625. The van der Waals surface area contributed by atoms with Crippen molar-refractivity contribution in [3.63, 3.8) is 0 Å². The molecule has 2 rings (SSSR count). The van der Waals surface area contributed by atoms with Crippen LogP contribution in [0.25, 0.3) is 0 Å². The van der Waals surface area contributed by atoms with Gasteiger partial charge in [0.05, 0.1) is 13.2 Å². The van der Waals surface area contributed by atoms with Gasteiger partial charge in [0.2, 0.25) is 0 Å². The summed E-state index contributed by atoms with van der Waals surface area (Å²) in [7, 11) is 0. The molecule has 1 heterocycles. The van der Waals surface area contributed by atoms with Crippen LogP contribution < -0.4 is 4.74 Å². The van der Waals surface area contributed by atoms with Crippen molar-refractivity contribution in [3.05, 3.63) is 29.8 Å². The van der Waals surface area contributed by atoms with Crippen molar-refractivity contribution in [1.29, 1.82) is 0 Å². The Balaban J connectivity index is 1.55. The minimum Gasteiger partial charge on any atom is -0.494 e. The Bertz CT molecular complexity index is 340. The molecule has 1 atom stereocenters. The lowest BCUT2D eigenvalue weighted by atomic mass is 10.2. The molecule has 0 aromatic heterocycles. The van der Waals surface area contributed by atoms with E-state index in [4.69, 9.17) is 14.2 Å². The number of rotatable bonds is 6. The second-order valence-corrected chi connectivity index (χ2v) is 5.04. The van der Waals surface area contributed by atoms with Crippen molar-refractivity contribution < 1.29 is 14.2 Å². The van der Waals surface area contributed by atoms with E-state index in [1.54, 1.807) is 0 Å². The minimum atomic E-state index is 0.00174. The molecule has 3 nitrogen and oxygen atoms in total. The van der Waals surface area contributed by atoms with Crippen LogP contribution >= 0.6 is 0 Å². The molecule has 106 valence electrons. The number of ether oxygens (including phenoxy) is 3. The van der Waals surface area contributed by atoms with Crippen molar-refractivity contribution in [1.82, 2.24) is 0 Å². The molecule has 0 spiro atoms. The number of hydrogen-bond acceptors (Lipinski definition) is 3. The van der Waals surface area contributed by atoms with Gasteiger partial charge in [-0.25, -0.2) is 0 Å². The highest BCUT2D eigenvalue weighted by Gasteiger charge is 2.12. The maximum Gasteiger partial charge on any atom is 0.157 e. The van der Waals surface area contributed by atoms with Gasteiger partial charge in [-0.1, -0.05) is 24.1 Å². The Morgan fingerprint density at radius 3 is 2.79 bits per heavy atom. The van der Waals surface area contributed by atoms with E-state index in [9.17, 15) is 0 Å². The highest BCUT2D eigenvalue weighted by molar-refractivity contribution is 5.26. The molecule has 0 saturated carbocycles. The third-order valence-electron chi connectivity index (χ3n) is 3.27. The van der Waals surface area contributed by atoms with E-state index in [0.29, 0.717) is 13.2 Å². The van der Waals surface area contributed by atoms with E-state index in [2.05, 4.69) is 19.1 Å². The Morgan fingerprint density at radius 2 is 1.95 bits per heavy atom. The Labute approximate surface area is 115 Å². The van der Waals surface area contributed by atoms with Gasteiger partial charge in [-0.3, -0.25) is 0 Å². The lowest BCUT2D eigenvalue weighted by Crippen LogP contribution is -2.17. The van der Waals surface area contributed by atoms with E-state index in [0.717, 1.165) is 31.6 Å². The van der Waals surface area contributed by atoms with E-state index >= 15 is 0 Å². The summed E-state index contributed by atoms with van der Waals surface area (Å²) in [5, 5.41) is 0. The maximum absolute atomic E-state index is 5.72. The quantitative estimate of drug-likeness (QED) is 0.733. The van der Waals surface area contributed by atoms with Crippen molar-refractivity contribution in [2.45, 2.75) is 45.3 Å². The lowest BCUT2D eigenvalue weighted by molar-refractivity contribution is -0.141. The molecule has 1 aromatic carbocycles. The molecule has 19 heavy (non-hydrogen) atoms. The van der Waals surface area contributed by atoms with Gasteiger partial charge < -0.3 is 14.2 Å². The zero-order valence-corrected chi connectivity index (χ0v) is 11.8. The van der Waals surface area contributed by atoms with Crippen LogP contribution in [0, 0.1) is 6.92 Å². The lowest BCUT2D eigenvalue weighted by Gasteiger charge is -2.15. The molecule has 0 aliphatic carbocycles. The number of hydrogen-bond donors (Lipinski definition) is 0. The van der Waals surface area contributed by atoms with Gasteiger partial charge in [-0.2, -0.15) is 0 Å². The maximum atomic E-state index is 5.72. The zero-order chi connectivity index (χ0) is 13.3. The summed E-state index contributed by atoms with van der Waals surface area (Å²) in [5.74, 6) is 0.927. The van der Waals surface area contributed by atoms with Crippen molar-refractivity contribution >= 4 is 0 Å². The molecule has 0 radical (unpaired) electrons. The van der Waals surface area contributed by atoms with Crippen LogP contribution in [0.5, 0.6) is 5.75 Å². The van der Waals surface area contributed by atoms with Gasteiger partial charge >= 0.3 is 0 Å². The summed E-state index contributed by atoms with van der Waals surface area (Å²) >= 11 is 0. The summed E-state index contributed by atoms with van der Waals surface area (Å²) in [5.41, 5.74) is 1.25. The van der Waals surface area contributed by atoms with Gasteiger partial charge in [0.25, 0.3) is 0 Å². The molecule has 0 N–H and O–H groups in total. The van der Waals surface area contributed by atoms with Crippen LogP contribution in [0.2, 0.25) is 0 Å². The van der Waals surface area contributed by atoms with Gasteiger partial charge in [0.15, 0.2) is 6.29 Å². The van der Waals surface area contributed by atoms with Crippen molar-refractivity contribution in [2.24, 2.45) is 0 Å². The zero-order valence-electron chi connectivity index (χ0n) is 11.8. The number of benzene rings is 1. The highest BCUT2D eigenvalue weighted by atomic mass is 16.7. The Morgan fingerprint density at radius 1 is 1.11 bits per heavy atom. The van der Waals surface area contributed by atoms with E-state index in [-0.39, 0.29) is 6.29 Å². The smallest absolute Gasteiger partial charge is 0.157 e. The topological polar surface area (TPSA) is 27.7 Å². The van der Waals surface area contributed by atoms with Crippen molar-refractivity contribution in [3.8, 4) is 5.75 Å². The third kappa shape index (κ3) is 5.62. The second kappa shape index (κ2) is 8.18. The number of aryl methyl sites for hydroxylation is 1. The van der Waals surface area contributed by atoms with Gasteiger partial charge in [0.1, 0.15) is 5.75 Å². The molecular formula is C16H24O3. The average molecular weight is 264 g/mol. The molecule has 0 bridgehead atoms. The van der Waals surface area contributed by atoms with Gasteiger partial charge in [-0.05, 0) is 38.3 Å². The van der Waals surface area contributed by atoms with Gasteiger partial charge in [0, 0.05) is 13.0 Å². The fourth-order valence-corrected chi connectivity index (χ4v) is 2.12. The summed E-state index contributed by atoms with van der Waals surface area (Å²) in [6.45, 7) is 4.31. The molecule has 1 aliphatic rings. The normalized spacial score (nSPS) is 19.9. The molecule has 0 amide bonds. The van der Waals surface area contributed by atoms with Crippen LogP contribution in [0.4, 0.5) is 0 Å². The Kier molecular flexibility index (Phi) is 6.18. The molecule has 3 heteroatoms. The molecular weight excluding hydrogens is 240 g/mol. The molecule has 1 aromatic rings. The monoisotopic (exact) mass is 264 g/mol. The largest absolute Gasteiger partial charge is 0.494 e. The van der Waals surface area contributed by atoms with E-state index in [1.807, 2.05) is 12.1 Å².